The molecule has 0 atom stereocenters. The number of fused-ring (bicyclic) bond motifs is 1. The molecular weight excluding hydrogens is 405 g/mol. The molecule has 1 aliphatic heterocycles. The van der Waals surface area contributed by atoms with Gasteiger partial charge in [0.25, 0.3) is 5.56 Å². The van der Waals surface area contributed by atoms with Crippen LogP contribution in [-0.4, -0.2) is 56.8 Å². The minimum Gasteiger partial charge on any atom is -0.465 e. The Morgan fingerprint density at radius 3 is 2.54 bits per heavy atom. The molecule has 144 valence electrons. The van der Waals surface area contributed by atoms with Crippen LogP contribution >= 0.6 is 23.2 Å². The van der Waals surface area contributed by atoms with Crippen molar-refractivity contribution in [2.75, 3.05) is 31.1 Å². The van der Waals surface area contributed by atoms with Gasteiger partial charge >= 0.3 is 6.09 Å². The summed E-state index contributed by atoms with van der Waals surface area (Å²) in [6.45, 7) is 1.83. The number of aromatic nitrogens is 3. The lowest BCUT2D eigenvalue weighted by atomic mass is 10.2. The summed E-state index contributed by atoms with van der Waals surface area (Å²) in [7, 11) is 0. The Kier molecular flexibility index (Phi) is 4.82. The number of rotatable bonds is 2. The van der Waals surface area contributed by atoms with E-state index in [1.807, 2.05) is 4.90 Å². The Balaban J connectivity index is 1.76. The summed E-state index contributed by atoms with van der Waals surface area (Å²) in [5, 5.41) is 10.6. The van der Waals surface area contributed by atoms with Crippen LogP contribution in [0.2, 0.25) is 10.0 Å². The quantitative estimate of drug-likeness (QED) is 0.686. The Hall–Kier alpha value is -2.84. The van der Waals surface area contributed by atoms with Crippen molar-refractivity contribution in [3.8, 4) is 5.69 Å². The van der Waals surface area contributed by atoms with Gasteiger partial charge in [0.15, 0.2) is 0 Å². The van der Waals surface area contributed by atoms with Gasteiger partial charge in [-0.15, -0.1) is 0 Å². The number of carbonyl (C=O) groups is 1. The standard InChI is InChI=1S/C18H15Cl2N5O3/c19-11-1-2-16(26)25(9-11)15-8-14-12(7-13(15)20)17(22-10-21-14)23-3-5-24(6-4-23)18(27)28/h1-2,7-10H,3-6H2,(H,27,28). The van der Waals surface area contributed by atoms with Crippen LogP contribution in [0.25, 0.3) is 16.6 Å². The Bertz CT molecular complexity index is 1130. The van der Waals surface area contributed by atoms with Gasteiger partial charge in [-0.05, 0) is 18.2 Å². The maximum Gasteiger partial charge on any atom is 0.407 e. The largest absolute Gasteiger partial charge is 0.465 e. The molecule has 3 heterocycles. The first kappa shape index (κ1) is 18.5. The molecular formula is C18H15Cl2N5O3. The Morgan fingerprint density at radius 1 is 1.07 bits per heavy atom. The summed E-state index contributed by atoms with van der Waals surface area (Å²) < 4.78 is 1.37. The predicted molar refractivity (Wildman–Crippen MR) is 107 cm³/mol. The second-order valence-corrected chi connectivity index (χ2v) is 7.17. The third-order valence-electron chi connectivity index (χ3n) is 4.67. The highest BCUT2D eigenvalue weighted by Crippen LogP contribution is 2.31. The van der Waals surface area contributed by atoms with Crippen molar-refractivity contribution in [2.24, 2.45) is 0 Å². The number of piperazine rings is 1. The van der Waals surface area contributed by atoms with Gasteiger partial charge < -0.3 is 14.9 Å². The molecule has 0 bridgehead atoms. The zero-order valence-electron chi connectivity index (χ0n) is 14.5. The fourth-order valence-electron chi connectivity index (χ4n) is 3.25. The SMILES string of the molecule is O=C(O)N1CCN(c2ncnc3cc(-n4cc(Cl)ccc4=O)c(Cl)cc23)CC1. The average molecular weight is 420 g/mol. The minimum absolute atomic E-state index is 0.260. The lowest BCUT2D eigenvalue weighted by Gasteiger charge is -2.34. The number of benzene rings is 1. The fraction of sp³-hybridized carbons (Fsp3) is 0.222. The van der Waals surface area contributed by atoms with Gasteiger partial charge in [-0.25, -0.2) is 14.8 Å². The first-order valence-corrected chi connectivity index (χ1v) is 9.25. The highest BCUT2D eigenvalue weighted by molar-refractivity contribution is 6.33. The van der Waals surface area contributed by atoms with Gasteiger partial charge in [0.05, 0.1) is 21.2 Å². The number of nitrogens with zero attached hydrogens (tertiary/aromatic N) is 5. The van der Waals surface area contributed by atoms with Crippen LogP contribution in [0.15, 0.2) is 41.6 Å². The van der Waals surface area contributed by atoms with E-state index >= 15 is 0 Å². The summed E-state index contributed by atoms with van der Waals surface area (Å²) in [5.74, 6) is 0.682. The van der Waals surface area contributed by atoms with Crippen LogP contribution in [0, 0.1) is 0 Å². The van der Waals surface area contributed by atoms with Crippen molar-refractivity contribution in [1.29, 1.82) is 0 Å². The molecule has 1 aliphatic rings. The van der Waals surface area contributed by atoms with E-state index in [1.165, 1.54) is 34.1 Å². The van der Waals surface area contributed by atoms with Crippen molar-refractivity contribution in [2.45, 2.75) is 0 Å². The number of amides is 1. The molecule has 0 aliphatic carbocycles. The van der Waals surface area contributed by atoms with E-state index in [0.29, 0.717) is 53.2 Å². The van der Waals surface area contributed by atoms with E-state index in [4.69, 9.17) is 28.3 Å². The van der Waals surface area contributed by atoms with E-state index in [2.05, 4.69) is 9.97 Å². The third-order valence-corrected chi connectivity index (χ3v) is 5.19. The molecule has 28 heavy (non-hydrogen) atoms. The molecule has 1 fully saturated rings. The summed E-state index contributed by atoms with van der Waals surface area (Å²) in [6.07, 6.45) is 2.02. The molecule has 1 saturated heterocycles. The third kappa shape index (κ3) is 3.36. The molecule has 0 unspecified atom stereocenters. The molecule has 8 nitrogen and oxygen atoms in total. The second kappa shape index (κ2) is 7.29. The molecule has 10 heteroatoms. The lowest BCUT2D eigenvalue weighted by molar-refractivity contribution is 0.142. The van der Waals surface area contributed by atoms with E-state index in [9.17, 15) is 9.59 Å². The topological polar surface area (TPSA) is 91.6 Å². The van der Waals surface area contributed by atoms with Crippen LogP contribution in [0.5, 0.6) is 0 Å². The van der Waals surface area contributed by atoms with Crippen molar-refractivity contribution >= 4 is 46.0 Å². The number of pyridine rings is 1. The Labute approximate surface area is 169 Å². The zero-order chi connectivity index (χ0) is 19.8. The molecule has 3 aromatic rings. The molecule has 1 aromatic carbocycles. The number of hydrogen-bond acceptors (Lipinski definition) is 5. The first-order valence-electron chi connectivity index (χ1n) is 8.50. The van der Waals surface area contributed by atoms with Crippen LogP contribution in [0.3, 0.4) is 0 Å². The summed E-state index contributed by atoms with van der Waals surface area (Å²) in [6, 6.07) is 6.33. The maximum atomic E-state index is 12.2. The van der Waals surface area contributed by atoms with Gasteiger partial charge in [-0.1, -0.05) is 23.2 Å². The van der Waals surface area contributed by atoms with Gasteiger partial charge in [-0.3, -0.25) is 9.36 Å². The van der Waals surface area contributed by atoms with E-state index in [-0.39, 0.29) is 5.56 Å². The fourth-order valence-corrected chi connectivity index (χ4v) is 3.66. The van der Waals surface area contributed by atoms with E-state index in [0.717, 1.165) is 5.39 Å². The molecule has 1 N–H and O–H groups in total. The molecule has 1 amide bonds. The van der Waals surface area contributed by atoms with Gasteiger partial charge in [0.1, 0.15) is 12.1 Å². The monoisotopic (exact) mass is 419 g/mol. The molecule has 0 spiro atoms. The van der Waals surface area contributed by atoms with Gasteiger partial charge in [0, 0.05) is 43.8 Å². The smallest absolute Gasteiger partial charge is 0.407 e. The lowest BCUT2D eigenvalue weighted by Crippen LogP contribution is -2.48. The normalized spacial score (nSPS) is 14.5. The van der Waals surface area contributed by atoms with Crippen molar-refractivity contribution in [1.82, 2.24) is 19.4 Å². The number of carboxylic acid groups (broad SMARTS) is 1. The van der Waals surface area contributed by atoms with Crippen LogP contribution in [-0.2, 0) is 0 Å². The molecule has 4 rings (SSSR count). The van der Waals surface area contributed by atoms with Gasteiger partial charge in [0.2, 0.25) is 0 Å². The van der Waals surface area contributed by atoms with Crippen molar-refractivity contribution < 1.29 is 9.90 Å². The summed E-state index contributed by atoms with van der Waals surface area (Å²) in [5.41, 5.74) is 0.837. The highest BCUT2D eigenvalue weighted by Gasteiger charge is 2.23. The summed E-state index contributed by atoms with van der Waals surface area (Å²) in [4.78, 5) is 35.4. The van der Waals surface area contributed by atoms with Crippen LogP contribution in [0.1, 0.15) is 0 Å². The van der Waals surface area contributed by atoms with Crippen molar-refractivity contribution in [3.05, 3.63) is 57.2 Å². The Morgan fingerprint density at radius 2 is 1.82 bits per heavy atom. The number of halogens is 2. The number of hydrogen-bond donors (Lipinski definition) is 1. The molecule has 0 radical (unpaired) electrons. The van der Waals surface area contributed by atoms with Crippen molar-refractivity contribution in [3.63, 3.8) is 0 Å². The highest BCUT2D eigenvalue weighted by atomic mass is 35.5. The van der Waals surface area contributed by atoms with Crippen LogP contribution < -0.4 is 10.5 Å². The average Bonchev–Trinajstić information content (AvgIpc) is 2.69. The maximum absolute atomic E-state index is 12.2. The van der Waals surface area contributed by atoms with Gasteiger partial charge in [-0.2, -0.15) is 0 Å². The minimum atomic E-state index is -0.924. The van der Waals surface area contributed by atoms with E-state index < -0.39 is 6.09 Å². The molecule has 0 saturated carbocycles. The van der Waals surface area contributed by atoms with E-state index in [1.54, 1.807) is 12.1 Å². The first-order chi connectivity index (χ1) is 13.4. The molecule has 2 aromatic heterocycles. The summed E-state index contributed by atoms with van der Waals surface area (Å²) >= 11 is 12.5. The zero-order valence-corrected chi connectivity index (χ0v) is 16.1. The second-order valence-electron chi connectivity index (χ2n) is 6.33. The number of anilines is 1. The van der Waals surface area contributed by atoms with Crippen LogP contribution in [0.4, 0.5) is 10.6 Å². The predicted octanol–water partition coefficient (Wildman–Crippen LogP) is 2.89.